The number of alkyl halides is 1. The van der Waals surface area contributed by atoms with Gasteiger partial charge >= 0.3 is 0 Å². The number of hydrogen-bond acceptors (Lipinski definition) is 1. The van der Waals surface area contributed by atoms with Crippen molar-refractivity contribution < 1.29 is 4.39 Å². The van der Waals surface area contributed by atoms with E-state index in [1.807, 2.05) is 0 Å². The van der Waals surface area contributed by atoms with E-state index in [1.165, 1.54) is 0 Å². The Hall–Kier alpha value is -0.120. The van der Waals surface area contributed by atoms with Gasteiger partial charge in [-0.25, -0.2) is 4.39 Å². The van der Waals surface area contributed by atoms with Gasteiger partial charge in [-0.1, -0.05) is 40.5 Å². The fourth-order valence-electron chi connectivity index (χ4n) is 1.35. The van der Waals surface area contributed by atoms with Gasteiger partial charge in [0.2, 0.25) is 0 Å². The van der Waals surface area contributed by atoms with Gasteiger partial charge in [-0.15, -0.1) is 0 Å². The van der Waals surface area contributed by atoms with Crippen molar-refractivity contribution in [2.24, 2.45) is 5.73 Å². The van der Waals surface area contributed by atoms with Crippen LogP contribution in [-0.2, 0) is 5.67 Å². The molecule has 1 nitrogen and oxygen atoms in total. The van der Waals surface area contributed by atoms with E-state index in [0.29, 0.717) is 21.5 Å². The zero-order valence-electron chi connectivity index (χ0n) is 7.86. The third kappa shape index (κ3) is 2.10. The molecule has 1 rings (SSSR count). The number of nitrogens with two attached hydrogens (primary N) is 1. The predicted octanol–water partition coefficient (Wildman–Crippen LogP) is 3.64. The third-order valence-electron chi connectivity index (χ3n) is 2.29. The van der Waals surface area contributed by atoms with Gasteiger partial charge in [0.05, 0.1) is 0 Å². The second-order valence-corrected chi connectivity index (χ2v) is 4.38. The summed E-state index contributed by atoms with van der Waals surface area (Å²) >= 11 is 9.23. The summed E-state index contributed by atoms with van der Waals surface area (Å²) in [5, 5.41) is 0.411. The molecule has 0 saturated carbocycles. The fraction of sp³-hybridized carbons (Fsp3) is 0.400. The first-order valence-electron chi connectivity index (χ1n) is 4.38. The quantitative estimate of drug-likeness (QED) is 0.899. The van der Waals surface area contributed by atoms with Crippen LogP contribution in [0.1, 0.15) is 18.9 Å². The molecule has 0 fully saturated rings. The lowest BCUT2D eigenvalue weighted by molar-refractivity contribution is 0.168. The van der Waals surface area contributed by atoms with E-state index < -0.39 is 5.67 Å². The Labute approximate surface area is 96.6 Å². The van der Waals surface area contributed by atoms with Gasteiger partial charge in [0.1, 0.15) is 5.67 Å². The molecule has 0 heterocycles. The Balaban J connectivity index is 3.29. The molecule has 1 aromatic rings. The fourth-order valence-corrected chi connectivity index (χ4v) is 2.53. The van der Waals surface area contributed by atoms with Gasteiger partial charge in [-0.3, -0.25) is 0 Å². The van der Waals surface area contributed by atoms with E-state index in [0.717, 1.165) is 0 Å². The molecule has 0 saturated heterocycles. The van der Waals surface area contributed by atoms with Crippen LogP contribution < -0.4 is 5.73 Å². The van der Waals surface area contributed by atoms with Crippen LogP contribution in [0, 0.1) is 0 Å². The summed E-state index contributed by atoms with van der Waals surface area (Å²) in [4.78, 5) is 0. The molecular weight excluding hydrogens is 268 g/mol. The molecule has 2 N–H and O–H groups in total. The summed E-state index contributed by atoms with van der Waals surface area (Å²) in [6.07, 6.45) is 0.311. The molecule has 1 aromatic carbocycles. The molecule has 0 bridgehead atoms. The molecule has 0 aliphatic carbocycles. The van der Waals surface area contributed by atoms with Crippen molar-refractivity contribution in [3.05, 3.63) is 33.3 Å². The summed E-state index contributed by atoms with van der Waals surface area (Å²) in [6, 6.07) is 5.20. The monoisotopic (exact) mass is 279 g/mol. The van der Waals surface area contributed by atoms with E-state index in [2.05, 4.69) is 15.9 Å². The van der Waals surface area contributed by atoms with Crippen LogP contribution in [0.25, 0.3) is 0 Å². The number of halogens is 3. The second kappa shape index (κ2) is 4.60. The average molecular weight is 281 g/mol. The summed E-state index contributed by atoms with van der Waals surface area (Å²) in [5.74, 6) is 0. The van der Waals surface area contributed by atoms with Gasteiger partial charge in [0.25, 0.3) is 0 Å². The van der Waals surface area contributed by atoms with Crippen molar-refractivity contribution in [3.8, 4) is 0 Å². The highest BCUT2D eigenvalue weighted by Gasteiger charge is 2.32. The zero-order chi connectivity index (χ0) is 10.8. The lowest BCUT2D eigenvalue weighted by atomic mass is 9.93. The number of rotatable bonds is 3. The van der Waals surface area contributed by atoms with E-state index >= 15 is 0 Å². The minimum atomic E-state index is -1.54. The molecule has 1 atom stereocenters. The molecule has 4 heteroatoms. The Bertz CT molecular complexity index is 306. The van der Waals surface area contributed by atoms with E-state index in [-0.39, 0.29) is 6.54 Å². The SMILES string of the molecule is CCC(F)(CN)c1c(Cl)cccc1Br. The molecule has 0 amide bonds. The van der Waals surface area contributed by atoms with Crippen LogP contribution in [0.2, 0.25) is 5.02 Å². The van der Waals surface area contributed by atoms with Gasteiger partial charge < -0.3 is 5.73 Å². The van der Waals surface area contributed by atoms with E-state index in [9.17, 15) is 4.39 Å². The normalized spacial score (nSPS) is 15.2. The predicted molar refractivity (Wildman–Crippen MR) is 61.3 cm³/mol. The zero-order valence-corrected chi connectivity index (χ0v) is 10.2. The Morgan fingerprint density at radius 3 is 2.64 bits per heavy atom. The Morgan fingerprint density at radius 1 is 1.57 bits per heavy atom. The first-order chi connectivity index (χ1) is 6.55. The Morgan fingerprint density at radius 2 is 2.21 bits per heavy atom. The minimum absolute atomic E-state index is 0.0637. The summed E-state index contributed by atoms with van der Waals surface area (Å²) in [6.45, 7) is 1.69. The van der Waals surface area contributed by atoms with Crippen LogP contribution in [0.4, 0.5) is 4.39 Å². The summed E-state index contributed by atoms with van der Waals surface area (Å²) < 4.78 is 14.9. The maximum atomic E-state index is 14.3. The van der Waals surface area contributed by atoms with Crippen LogP contribution in [0.5, 0.6) is 0 Å². The van der Waals surface area contributed by atoms with Crippen LogP contribution >= 0.6 is 27.5 Å². The third-order valence-corrected chi connectivity index (χ3v) is 3.27. The van der Waals surface area contributed by atoms with Crippen LogP contribution in [0.15, 0.2) is 22.7 Å². The topological polar surface area (TPSA) is 26.0 Å². The van der Waals surface area contributed by atoms with Crippen molar-refractivity contribution in [2.75, 3.05) is 6.54 Å². The highest BCUT2D eigenvalue weighted by atomic mass is 79.9. The van der Waals surface area contributed by atoms with Crippen molar-refractivity contribution in [1.29, 1.82) is 0 Å². The van der Waals surface area contributed by atoms with Crippen molar-refractivity contribution in [2.45, 2.75) is 19.0 Å². The van der Waals surface area contributed by atoms with Gasteiger partial charge in [0.15, 0.2) is 0 Å². The maximum Gasteiger partial charge on any atom is 0.150 e. The molecule has 0 aliphatic heterocycles. The highest BCUT2D eigenvalue weighted by Crippen LogP contribution is 2.38. The maximum absolute atomic E-state index is 14.3. The van der Waals surface area contributed by atoms with Gasteiger partial charge in [-0.2, -0.15) is 0 Å². The number of benzene rings is 1. The molecule has 1 unspecified atom stereocenters. The molecule has 0 radical (unpaired) electrons. The van der Waals surface area contributed by atoms with Crippen LogP contribution in [0.3, 0.4) is 0 Å². The smallest absolute Gasteiger partial charge is 0.150 e. The highest BCUT2D eigenvalue weighted by molar-refractivity contribution is 9.10. The summed E-state index contributed by atoms with van der Waals surface area (Å²) in [5.41, 5.74) is 4.34. The van der Waals surface area contributed by atoms with E-state index in [4.69, 9.17) is 17.3 Å². The molecule has 14 heavy (non-hydrogen) atoms. The standard InChI is InChI=1S/C10H12BrClFN/c1-2-10(13,6-14)9-7(11)4-3-5-8(9)12/h3-5H,2,6,14H2,1H3. The molecule has 0 aliphatic rings. The first kappa shape index (κ1) is 12.0. The van der Waals surface area contributed by atoms with Gasteiger partial charge in [0, 0.05) is 21.6 Å². The minimum Gasteiger partial charge on any atom is -0.327 e. The molecule has 78 valence electrons. The van der Waals surface area contributed by atoms with Crippen molar-refractivity contribution in [3.63, 3.8) is 0 Å². The van der Waals surface area contributed by atoms with Gasteiger partial charge in [-0.05, 0) is 18.6 Å². The lowest BCUT2D eigenvalue weighted by Crippen LogP contribution is -2.30. The number of hydrogen-bond donors (Lipinski definition) is 1. The average Bonchev–Trinajstić information content (AvgIpc) is 2.17. The van der Waals surface area contributed by atoms with E-state index in [1.54, 1.807) is 25.1 Å². The lowest BCUT2D eigenvalue weighted by Gasteiger charge is -2.24. The Kier molecular flexibility index (Phi) is 3.93. The van der Waals surface area contributed by atoms with Crippen molar-refractivity contribution in [1.82, 2.24) is 0 Å². The second-order valence-electron chi connectivity index (χ2n) is 3.12. The van der Waals surface area contributed by atoms with Crippen molar-refractivity contribution >= 4 is 27.5 Å². The summed E-state index contributed by atoms with van der Waals surface area (Å²) in [7, 11) is 0. The molecule has 0 aromatic heterocycles. The molecule has 0 spiro atoms. The molecular formula is C10H12BrClFN. The first-order valence-corrected chi connectivity index (χ1v) is 5.55. The largest absolute Gasteiger partial charge is 0.327 e. The van der Waals surface area contributed by atoms with Crippen LogP contribution in [-0.4, -0.2) is 6.54 Å².